The lowest BCUT2D eigenvalue weighted by Crippen LogP contribution is -2.29. The average Bonchev–Trinajstić information content (AvgIpc) is 2.30. The standard InChI is InChI=1S/C13H17NO3/c1-2-4-12(14-9-15)8-10-5-3-6-11(7-10)13(16)17/h3,5-7,9,12H,2,4,8H2,1H3,(H,14,15)(H,16,17). The monoisotopic (exact) mass is 235 g/mol. The van der Waals surface area contributed by atoms with Crippen LogP contribution in [0.1, 0.15) is 35.7 Å². The molecular weight excluding hydrogens is 218 g/mol. The van der Waals surface area contributed by atoms with Crippen molar-refractivity contribution in [1.82, 2.24) is 5.32 Å². The molecule has 1 amide bonds. The molecule has 92 valence electrons. The maximum absolute atomic E-state index is 10.8. The Labute approximate surface area is 101 Å². The first kappa shape index (κ1) is 13.2. The third-order valence-corrected chi connectivity index (χ3v) is 2.60. The number of amides is 1. The van der Waals surface area contributed by atoms with E-state index in [-0.39, 0.29) is 11.6 Å². The summed E-state index contributed by atoms with van der Waals surface area (Å²) in [5.74, 6) is -0.928. The zero-order valence-electron chi connectivity index (χ0n) is 9.85. The minimum absolute atomic E-state index is 0.0709. The van der Waals surface area contributed by atoms with E-state index in [1.807, 2.05) is 13.0 Å². The van der Waals surface area contributed by atoms with E-state index >= 15 is 0 Å². The second-order valence-electron chi connectivity index (χ2n) is 3.98. The van der Waals surface area contributed by atoms with Crippen LogP contribution in [0.3, 0.4) is 0 Å². The normalized spacial score (nSPS) is 11.8. The van der Waals surface area contributed by atoms with E-state index in [9.17, 15) is 9.59 Å². The lowest BCUT2D eigenvalue weighted by atomic mass is 10.0. The predicted octanol–water partition coefficient (Wildman–Crippen LogP) is 1.84. The Bertz CT molecular complexity index is 390. The van der Waals surface area contributed by atoms with Gasteiger partial charge in [0, 0.05) is 6.04 Å². The van der Waals surface area contributed by atoms with Crippen molar-refractivity contribution in [3.8, 4) is 0 Å². The van der Waals surface area contributed by atoms with Crippen LogP contribution in [0.5, 0.6) is 0 Å². The molecule has 1 rings (SSSR count). The first-order chi connectivity index (χ1) is 8.17. The summed E-state index contributed by atoms with van der Waals surface area (Å²) in [4.78, 5) is 21.3. The van der Waals surface area contributed by atoms with E-state index in [1.165, 1.54) is 0 Å². The van der Waals surface area contributed by atoms with Gasteiger partial charge in [-0.2, -0.15) is 0 Å². The zero-order chi connectivity index (χ0) is 12.7. The maximum Gasteiger partial charge on any atom is 0.335 e. The van der Waals surface area contributed by atoms with Crippen molar-refractivity contribution in [2.75, 3.05) is 0 Å². The van der Waals surface area contributed by atoms with Crippen molar-refractivity contribution in [3.05, 3.63) is 35.4 Å². The minimum atomic E-state index is -0.928. The first-order valence-electron chi connectivity index (χ1n) is 5.69. The van der Waals surface area contributed by atoms with Gasteiger partial charge in [-0.15, -0.1) is 0 Å². The maximum atomic E-state index is 10.8. The largest absolute Gasteiger partial charge is 0.478 e. The van der Waals surface area contributed by atoms with Crippen molar-refractivity contribution < 1.29 is 14.7 Å². The quantitative estimate of drug-likeness (QED) is 0.709. The highest BCUT2D eigenvalue weighted by atomic mass is 16.4. The summed E-state index contributed by atoms with van der Waals surface area (Å²) in [6.45, 7) is 2.05. The highest BCUT2D eigenvalue weighted by Gasteiger charge is 2.09. The van der Waals surface area contributed by atoms with Gasteiger partial charge in [0.15, 0.2) is 0 Å². The van der Waals surface area contributed by atoms with Crippen molar-refractivity contribution in [3.63, 3.8) is 0 Å². The molecule has 1 aromatic rings. The number of carbonyl (C=O) groups is 2. The van der Waals surface area contributed by atoms with E-state index < -0.39 is 5.97 Å². The molecule has 0 heterocycles. The molecule has 0 aliphatic carbocycles. The molecule has 17 heavy (non-hydrogen) atoms. The van der Waals surface area contributed by atoms with Gasteiger partial charge in [0.25, 0.3) is 0 Å². The number of rotatable bonds is 7. The molecule has 0 aromatic heterocycles. The van der Waals surface area contributed by atoms with Crippen LogP contribution in [0.15, 0.2) is 24.3 Å². The molecule has 2 N–H and O–H groups in total. The Morgan fingerprint density at radius 2 is 2.29 bits per heavy atom. The summed E-state index contributed by atoms with van der Waals surface area (Å²) in [5, 5.41) is 11.6. The van der Waals surface area contributed by atoms with Crippen LogP contribution in [0.25, 0.3) is 0 Å². The van der Waals surface area contributed by atoms with E-state index in [0.29, 0.717) is 12.8 Å². The number of nitrogens with one attached hydrogen (secondary N) is 1. The van der Waals surface area contributed by atoms with Gasteiger partial charge >= 0.3 is 5.97 Å². The fourth-order valence-electron chi connectivity index (χ4n) is 1.80. The minimum Gasteiger partial charge on any atom is -0.478 e. The van der Waals surface area contributed by atoms with Crippen LogP contribution in [0.4, 0.5) is 0 Å². The number of carboxylic acid groups (broad SMARTS) is 1. The smallest absolute Gasteiger partial charge is 0.335 e. The highest BCUT2D eigenvalue weighted by Crippen LogP contribution is 2.10. The number of carbonyl (C=O) groups excluding carboxylic acids is 1. The van der Waals surface area contributed by atoms with Gasteiger partial charge in [0.1, 0.15) is 0 Å². The molecule has 1 atom stereocenters. The number of hydrogen-bond acceptors (Lipinski definition) is 2. The third kappa shape index (κ3) is 4.26. The Balaban J connectivity index is 2.74. The van der Waals surface area contributed by atoms with Gasteiger partial charge in [-0.3, -0.25) is 4.79 Å². The van der Waals surface area contributed by atoms with Crippen LogP contribution in [-0.2, 0) is 11.2 Å². The van der Waals surface area contributed by atoms with Gasteiger partial charge in [-0.25, -0.2) is 4.79 Å². The molecule has 1 aromatic carbocycles. The van der Waals surface area contributed by atoms with E-state index in [4.69, 9.17) is 5.11 Å². The molecule has 0 saturated heterocycles. The summed E-state index contributed by atoms with van der Waals surface area (Å²) in [7, 11) is 0. The topological polar surface area (TPSA) is 66.4 Å². The fraction of sp³-hybridized carbons (Fsp3) is 0.385. The number of aromatic carboxylic acids is 1. The second-order valence-corrected chi connectivity index (χ2v) is 3.98. The lowest BCUT2D eigenvalue weighted by molar-refractivity contribution is -0.110. The van der Waals surface area contributed by atoms with Gasteiger partial charge in [0.05, 0.1) is 5.56 Å². The summed E-state index contributed by atoms with van der Waals surface area (Å²) in [6.07, 6.45) is 3.22. The predicted molar refractivity (Wildman–Crippen MR) is 65.0 cm³/mol. The summed E-state index contributed by atoms with van der Waals surface area (Å²) < 4.78 is 0. The number of hydrogen-bond donors (Lipinski definition) is 2. The molecule has 0 aliphatic rings. The Hall–Kier alpha value is -1.84. The van der Waals surface area contributed by atoms with Crippen LogP contribution < -0.4 is 5.32 Å². The van der Waals surface area contributed by atoms with E-state index in [1.54, 1.807) is 18.2 Å². The summed E-state index contributed by atoms with van der Waals surface area (Å²) in [6, 6.07) is 6.89. The van der Waals surface area contributed by atoms with Crippen LogP contribution in [0, 0.1) is 0 Å². The first-order valence-corrected chi connectivity index (χ1v) is 5.69. The molecule has 0 radical (unpaired) electrons. The van der Waals surface area contributed by atoms with Crippen molar-refractivity contribution in [2.45, 2.75) is 32.2 Å². The molecule has 0 aliphatic heterocycles. The fourth-order valence-corrected chi connectivity index (χ4v) is 1.80. The average molecular weight is 235 g/mol. The number of carboxylic acids is 1. The Morgan fingerprint density at radius 3 is 2.88 bits per heavy atom. The summed E-state index contributed by atoms with van der Waals surface area (Å²) >= 11 is 0. The molecule has 0 bridgehead atoms. The van der Waals surface area contributed by atoms with Crippen molar-refractivity contribution >= 4 is 12.4 Å². The number of benzene rings is 1. The van der Waals surface area contributed by atoms with Crippen LogP contribution >= 0.6 is 0 Å². The highest BCUT2D eigenvalue weighted by molar-refractivity contribution is 5.87. The Morgan fingerprint density at radius 1 is 1.53 bits per heavy atom. The molecule has 4 heteroatoms. The second kappa shape index (κ2) is 6.68. The molecule has 1 unspecified atom stereocenters. The van der Waals surface area contributed by atoms with Gasteiger partial charge in [-0.1, -0.05) is 25.5 Å². The van der Waals surface area contributed by atoms with Gasteiger partial charge in [0.2, 0.25) is 6.41 Å². The van der Waals surface area contributed by atoms with Crippen LogP contribution in [0.2, 0.25) is 0 Å². The molecule has 0 spiro atoms. The van der Waals surface area contributed by atoms with Gasteiger partial charge < -0.3 is 10.4 Å². The van der Waals surface area contributed by atoms with E-state index in [0.717, 1.165) is 18.4 Å². The zero-order valence-corrected chi connectivity index (χ0v) is 9.85. The summed E-state index contributed by atoms with van der Waals surface area (Å²) in [5.41, 5.74) is 1.21. The molecule has 0 saturated carbocycles. The van der Waals surface area contributed by atoms with Crippen LogP contribution in [-0.4, -0.2) is 23.5 Å². The SMILES string of the molecule is CCCC(Cc1cccc(C(=O)O)c1)NC=O. The molecule has 0 fully saturated rings. The van der Waals surface area contributed by atoms with Crippen molar-refractivity contribution in [2.24, 2.45) is 0 Å². The molecular formula is C13H17NO3. The van der Waals surface area contributed by atoms with Crippen molar-refractivity contribution in [1.29, 1.82) is 0 Å². The van der Waals surface area contributed by atoms with E-state index in [2.05, 4.69) is 5.32 Å². The van der Waals surface area contributed by atoms with Gasteiger partial charge in [-0.05, 0) is 30.5 Å². The third-order valence-electron chi connectivity index (χ3n) is 2.60. The lowest BCUT2D eigenvalue weighted by Gasteiger charge is -2.15. The Kier molecular flexibility index (Phi) is 5.20. The molecule has 4 nitrogen and oxygen atoms in total.